The van der Waals surface area contributed by atoms with E-state index >= 15 is 0 Å². The van der Waals surface area contributed by atoms with Gasteiger partial charge in [0.05, 0.1) is 0 Å². The summed E-state index contributed by atoms with van der Waals surface area (Å²) in [6, 6.07) is 0.421. The summed E-state index contributed by atoms with van der Waals surface area (Å²) in [7, 11) is 0. The van der Waals surface area contributed by atoms with Crippen LogP contribution in [0.25, 0.3) is 0 Å². The lowest BCUT2D eigenvalue weighted by Crippen LogP contribution is -2.27. The third-order valence-corrected chi connectivity index (χ3v) is 2.72. The molecule has 0 saturated carbocycles. The summed E-state index contributed by atoms with van der Waals surface area (Å²) in [4.78, 5) is 8.22. The molecule has 4 heteroatoms. The molecule has 0 spiro atoms. The second-order valence-corrected chi connectivity index (χ2v) is 3.77. The molecule has 0 bridgehead atoms. The van der Waals surface area contributed by atoms with Crippen LogP contribution in [-0.2, 0) is 0 Å². The number of nitrogen functional groups attached to an aromatic ring is 1. The van der Waals surface area contributed by atoms with Crippen molar-refractivity contribution in [2.75, 3.05) is 12.3 Å². The molecular weight excluding hydrogens is 176 g/mol. The Morgan fingerprint density at radius 2 is 2.36 bits per heavy atom. The van der Waals surface area contributed by atoms with Crippen molar-refractivity contribution in [1.82, 2.24) is 15.3 Å². The Morgan fingerprint density at radius 1 is 1.50 bits per heavy atom. The van der Waals surface area contributed by atoms with E-state index in [1.54, 1.807) is 0 Å². The van der Waals surface area contributed by atoms with E-state index in [0.717, 1.165) is 12.2 Å². The highest BCUT2D eigenvalue weighted by Gasteiger charge is 2.17. The zero-order valence-electron chi connectivity index (χ0n) is 8.45. The van der Waals surface area contributed by atoms with Crippen LogP contribution in [-0.4, -0.2) is 16.5 Å². The molecule has 0 radical (unpaired) electrons. The Kier molecular flexibility index (Phi) is 2.63. The van der Waals surface area contributed by atoms with E-state index in [-0.39, 0.29) is 0 Å². The fourth-order valence-electron chi connectivity index (χ4n) is 1.95. The van der Waals surface area contributed by atoms with Crippen LogP contribution < -0.4 is 11.1 Å². The molecule has 4 nitrogen and oxygen atoms in total. The maximum Gasteiger partial charge on any atom is 0.220 e. The topological polar surface area (TPSA) is 63.8 Å². The van der Waals surface area contributed by atoms with Crippen LogP contribution in [0.15, 0.2) is 6.20 Å². The molecule has 76 valence electrons. The minimum atomic E-state index is 0.363. The Balaban J connectivity index is 2.22. The van der Waals surface area contributed by atoms with Crippen LogP contribution in [0.1, 0.15) is 36.6 Å². The summed E-state index contributed by atoms with van der Waals surface area (Å²) in [5, 5.41) is 3.47. The lowest BCUT2D eigenvalue weighted by molar-refractivity contribution is 0.409. The fraction of sp³-hybridized carbons (Fsp3) is 0.600. The van der Waals surface area contributed by atoms with Crippen molar-refractivity contribution in [3.8, 4) is 0 Å². The second-order valence-electron chi connectivity index (χ2n) is 3.77. The number of nitrogens with two attached hydrogens (primary N) is 1. The van der Waals surface area contributed by atoms with Gasteiger partial charge in [-0.3, -0.25) is 0 Å². The van der Waals surface area contributed by atoms with Gasteiger partial charge >= 0.3 is 0 Å². The molecule has 0 aromatic carbocycles. The van der Waals surface area contributed by atoms with Crippen LogP contribution in [0.4, 0.5) is 5.95 Å². The maximum atomic E-state index is 5.51. The van der Waals surface area contributed by atoms with Gasteiger partial charge in [0.15, 0.2) is 0 Å². The normalized spacial score (nSPS) is 22.2. The summed E-state index contributed by atoms with van der Waals surface area (Å²) >= 11 is 0. The molecule has 1 aromatic heterocycles. The number of hydrogen-bond acceptors (Lipinski definition) is 4. The largest absolute Gasteiger partial charge is 0.368 e. The number of aromatic nitrogens is 2. The molecule has 1 aliphatic rings. The zero-order chi connectivity index (χ0) is 9.97. The summed E-state index contributed by atoms with van der Waals surface area (Å²) in [6.45, 7) is 3.08. The number of nitrogens with zero attached hydrogens (tertiary/aromatic N) is 2. The van der Waals surface area contributed by atoms with Gasteiger partial charge in [-0.2, -0.15) is 0 Å². The highest BCUT2D eigenvalue weighted by Crippen LogP contribution is 2.24. The van der Waals surface area contributed by atoms with E-state index in [2.05, 4.69) is 15.3 Å². The predicted octanol–water partition coefficient (Wildman–Crippen LogP) is 1.18. The van der Waals surface area contributed by atoms with E-state index in [4.69, 9.17) is 5.73 Å². The van der Waals surface area contributed by atoms with Gasteiger partial charge in [-0.25, -0.2) is 9.97 Å². The van der Waals surface area contributed by atoms with Gasteiger partial charge in [0, 0.05) is 23.5 Å². The lowest BCUT2D eigenvalue weighted by Gasteiger charge is -2.24. The SMILES string of the molecule is Cc1nc(N)ncc1C1CCCCN1. The van der Waals surface area contributed by atoms with Gasteiger partial charge in [0.25, 0.3) is 0 Å². The van der Waals surface area contributed by atoms with Crippen LogP contribution in [0.5, 0.6) is 0 Å². The summed E-state index contributed by atoms with van der Waals surface area (Å²) < 4.78 is 0. The molecule has 2 heterocycles. The van der Waals surface area contributed by atoms with Crippen molar-refractivity contribution in [2.45, 2.75) is 32.2 Å². The molecule has 0 amide bonds. The van der Waals surface area contributed by atoms with Gasteiger partial charge in [0.2, 0.25) is 5.95 Å². The molecule has 14 heavy (non-hydrogen) atoms. The highest BCUT2D eigenvalue weighted by molar-refractivity contribution is 5.26. The van der Waals surface area contributed by atoms with E-state index < -0.39 is 0 Å². The number of hydrogen-bond donors (Lipinski definition) is 2. The first-order valence-electron chi connectivity index (χ1n) is 5.10. The standard InChI is InChI=1S/C10H16N4/c1-7-8(6-13-10(11)14-7)9-4-2-3-5-12-9/h6,9,12H,2-5H2,1H3,(H2,11,13,14). The maximum absolute atomic E-state index is 5.51. The summed E-state index contributed by atoms with van der Waals surface area (Å²) in [6.07, 6.45) is 5.57. The molecule has 0 aliphatic carbocycles. The molecule has 1 aliphatic heterocycles. The second kappa shape index (κ2) is 3.92. The van der Waals surface area contributed by atoms with Crippen molar-refractivity contribution in [2.24, 2.45) is 0 Å². The van der Waals surface area contributed by atoms with Crippen molar-refractivity contribution >= 4 is 5.95 Å². The van der Waals surface area contributed by atoms with Crippen molar-refractivity contribution in [3.63, 3.8) is 0 Å². The number of piperidine rings is 1. The summed E-state index contributed by atoms with van der Waals surface area (Å²) in [5.74, 6) is 0.363. The van der Waals surface area contributed by atoms with Gasteiger partial charge in [-0.15, -0.1) is 0 Å². The minimum Gasteiger partial charge on any atom is -0.368 e. The third-order valence-electron chi connectivity index (χ3n) is 2.72. The highest BCUT2D eigenvalue weighted by atomic mass is 15.0. The molecular formula is C10H16N4. The molecule has 1 atom stereocenters. The lowest BCUT2D eigenvalue weighted by atomic mass is 9.98. The average Bonchev–Trinajstić information content (AvgIpc) is 2.19. The molecule has 1 saturated heterocycles. The Hall–Kier alpha value is -1.16. The van der Waals surface area contributed by atoms with Crippen LogP contribution in [0, 0.1) is 6.92 Å². The smallest absolute Gasteiger partial charge is 0.220 e. The number of rotatable bonds is 1. The Labute approximate surface area is 83.9 Å². The minimum absolute atomic E-state index is 0.363. The van der Waals surface area contributed by atoms with E-state index in [0.29, 0.717) is 12.0 Å². The van der Waals surface area contributed by atoms with E-state index in [1.807, 2.05) is 13.1 Å². The Bertz CT molecular complexity index is 318. The predicted molar refractivity (Wildman–Crippen MR) is 55.8 cm³/mol. The molecule has 1 aromatic rings. The van der Waals surface area contributed by atoms with Gasteiger partial charge in [-0.1, -0.05) is 6.42 Å². The van der Waals surface area contributed by atoms with E-state index in [9.17, 15) is 0 Å². The van der Waals surface area contributed by atoms with E-state index in [1.165, 1.54) is 24.8 Å². The average molecular weight is 192 g/mol. The molecule has 1 fully saturated rings. The fourth-order valence-corrected chi connectivity index (χ4v) is 1.95. The monoisotopic (exact) mass is 192 g/mol. The third kappa shape index (κ3) is 1.85. The number of anilines is 1. The van der Waals surface area contributed by atoms with Crippen LogP contribution in [0.2, 0.25) is 0 Å². The van der Waals surface area contributed by atoms with Gasteiger partial charge in [0.1, 0.15) is 0 Å². The van der Waals surface area contributed by atoms with Gasteiger partial charge in [-0.05, 0) is 26.3 Å². The van der Waals surface area contributed by atoms with Crippen LogP contribution in [0.3, 0.4) is 0 Å². The molecule has 1 unspecified atom stereocenters. The quantitative estimate of drug-likeness (QED) is 0.701. The zero-order valence-corrected chi connectivity index (χ0v) is 8.45. The molecule has 3 N–H and O–H groups in total. The van der Waals surface area contributed by atoms with Crippen molar-refractivity contribution in [3.05, 3.63) is 17.5 Å². The van der Waals surface area contributed by atoms with Crippen molar-refractivity contribution < 1.29 is 0 Å². The number of aryl methyl sites for hydroxylation is 1. The first kappa shape index (κ1) is 9.40. The first-order valence-corrected chi connectivity index (χ1v) is 5.10. The first-order chi connectivity index (χ1) is 6.77. The van der Waals surface area contributed by atoms with Crippen LogP contribution >= 0.6 is 0 Å². The number of nitrogens with one attached hydrogen (secondary N) is 1. The summed E-state index contributed by atoms with van der Waals surface area (Å²) in [5.41, 5.74) is 7.70. The van der Waals surface area contributed by atoms with Gasteiger partial charge < -0.3 is 11.1 Å². The van der Waals surface area contributed by atoms with Crippen molar-refractivity contribution in [1.29, 1.82) is 0 Å². The molecule has 2 rings (SSSR count). The Morgan fingerprint density at radius 3 is 3.00 bits per heavy atom.